The lowest BCUT2D eigenvalue weighted by atomic mass is 10.1. The third-order valence-electron chi connectivity index (χ3n) is 5.66. The molecule has 0 fully saturated rings. The molecule has 160 valence electrons. The zero-order valence-electron chi connectivity index (χ0n) is 18.3. The van der Waals surface area contributed by atoms with Crippen molar-refractivity contribution in [1.82, 2.24) is 4.57 Å². The Bertz CT molecular complexity index is 1400. The molecule has 33 heavy (non-hydrogen) atoms. The Kier molecular flexibility index (Phi) is 6.05. The van der Waals surface area contributed by atoms with Crippen LogP contribution >= 0.6 is 15.9 Å². The number of nitrogens with zero attached hydrogens (tertiary/aromatic N) is 2. The van der Waals surface area contributed by atoms with Gasteiger partial charge in [-0.25, -0.2) is 0 Å². The maximum absolute atomic E-state index is 4.89. The third-order valence-corrected chi connectivity index (χ3v) is 6.16. The third kappa shape index (κ3) is 4.46. The first-order chi connectivity index (χ1) is 16.2. The normalized spacial score (nSPS) is 11.2. The van der Waals surface area contributed by atoms with Crippen LogP contribution in [0.3, 0.4) is 0 Å². The average molecular weight is 491 g/mol. The van der Waals surface area contributed by atoms with E-state index < -0.39 is 0 Å². The predicted molar refractivity (Wildman–Crippen MR) is 143 cm³/mol. The molecule has 0 amide bonds. The Morgan fingerprint density at radius 3 is 1.94 bits per heavy atom. The Morgan fingerprint density at radius 1 is 0.697 bits per heavy atom. The van der Waals surface area contributed by atoms with Crippen molar-refractivity contribution in [2.24, 2.45) is 4.99 Å². The van der Waals surface area contributed by atoms with Crippen molar-refractivity contribution in [3.63, 3.8) is 0 Å². The summed E-state index contributed by atoms with van der Waals surface area (Å²) in [7, 11) is 0. The molecule has 0 aliphatic rings. The van der Waals surface area contributed by atoms with Crippen molar-refractivity contribution < 1.29 is 0 Å². The highest BCUT2D eigenvalue weighted by atomic mass is 79.9. The minimum absolute atomic E-state index is 0.964. The second kappa shape index (κ2) is 9.43. The summed E-state index contributed by atoms with van der Waals surface area (Å²) in [4.78, 5) is 4.89. The average Bonchev–Trinajstić information content (AvgIpc) is 3.25. The van der Waals surface area contributed by atoms with Crippen LogP contribution in [-0.2, 0) is 0 Å². The van der Waals surface area contributed by atoms with Gasteiger partial charge in [0, 0.05) is 21.9 Å². The van der Waals surface area contributed by atoms with Crippen molar-refractivity contribution in [1.29, 1.82) is 0 Å². The Hall–Kier alpha value is -3.69. The van der Waals surface area contributed by atoms with Gasteiger partial charge in [0.2, 0.25) is 0 Å². The van der Waals surface area contributed by atoms with Crippen LogP contribution in [0, 0.1) is 6.92 Å². The van der Waals surface area contributed by atoms with Gasteiger partial charge in [-0.3, -0.25) is 4.99 Å². The first-order valence-electron chi connectivity index (χ1n) is 10.9. The van der Waals surface area contributed by atoms with Gasteiger partial charge in [-0.15, -0.1) is 0 Å². The largest absolute Gasteiger partial charge is 0.309 e. The summed E-state index contributed by atoms with van der Waals surface area (Å²) >= 11 is 3.54. The molecule has 0 aliphatic heterocycles. The summed E-state index contributed by atoms with van der Waals surface area (Å²) in [5.74, 6) is 0. The Balaban J connectivity index is 1.77. The van der Waals surface area contributed by atoms with Crippen molar-refractivity contribution in [2.45, 2.75) is 6.92 Å². The minimum atomic E-state index is 0.964. The molecule has 0 bridgehead atoms. The highest BCUT2D eigenvalue weighted by Gasteiger charge is 2.18. The van der Waals surface area contributed by atoms with Gasteiger partial charge in [0.05, 0.1) is 17.1 Å². The minimum Gasteiger partial charge on any atom is -0.309 e. The molecular formula is C30H23BrN2. The number of rotatable bonds is 5. The van der Waals surface area contributed by atoms with Crippen LogP contribution in [0.2, 0.25) is 0 Å². The Morgan fingerprint density at radius 2 is 1.30 bits per heavy atom. The molecule has 1 heterocycles. The summed E-state index contributed by atoms with van der Waals surface area (Å²) in [6.07, 6.45) is 1.99. The van der Waals surface area contributed by atoms with Gasteiger partial charge in [0.1, 0.15) is 0 Å². The van der Waals surface area contributed by atoms with Crippen LogP contribution in [0.4, 0.5) is 5.69 Å². The SMILES string of the molecule is Cc1cc(Br)ccc1N=Cc1cc(-c2ccccc2)n(-c2ccccc2)c1-c1ccccc1. The smallest absolute Gasteiger partial charge is 0.0659 e. The lowest BCUT2D eigenvalue weighted by Gasteiger charge is -2.15. The number of aliphatic imine (C=N–C) groups is 1. The van der Waals surface area contributed by atoms with Crippen LogP contribution in [0.5, 0.6) is 0 Å². The summed E-state index contributed by atoms with van der Waals surface area (Å²) < 4.78 is 3.39. The van der Waals surface area contributed by atoms with Crippen molar-refractivity contribution >= 4 is 27.8 Å². The molecule has 2 nitrogen and oxygen atoms in total. The summed E-state index contributed by atoms with van der Waals surface area (Å²) in [6, 6.07) is 40.0. The van der Waals surface area contributed by atoms with Crippen molar-refractivity contribution in [2.75, 3.05) is 0 Å². The van der Waals surface area contributed by atoms with E-state index in [4.69, 9.17) is 4.99 Å². The van der Waals surface area contributed by atoms with E-state index in [-0.39, 0.29) is 0 Å². The number of halogens is 1. The van der Waals surface area contributed by atoms with Gasteiger partial charge in [0.25, 0.3) is 0 Å². The monoisotopic (exact) mass is 490 g/mol. The van der Waals surface area contributed by atoms with E-state index in [1.807, 2.05) is 18.3 Å². The molecule has 0 spiro atoms. The second-order valence-electron chi connectivity index (χ2n) is 7.93. The lowest BCUT2D eigenvalue weighted by Crippen LogP contribution is -2.00. The zero-order chi connectivity index (χ0) is 22.6. The molecule has 0 saturated carbocycles. The Labute approximate surface area is 203 Å². The van der Waals surface area contributed by atoms with E-state index in [9.17, 15) is 0 Å². The molecule has 5 rings (SSSR count). The van der Waals surface area contributed by atoms with E-state index in [1.165, 1.54) is 0 Å². The van der Waals surface area contributed by atoms with Crippen LogP contribution in [-0.4, -0.2) is 10.8 Å². The number of para-hydroxylation sites is 1. The molecular weight excluding hydrogens is 468 g/mol. The molecule has 0 saturated heterocycles. The second-order valence-corrected chi connectivity index (χ2v) is 8.84. The van der Waals surface area contributed by atoms with Crippen molar-refractivity contribution in [3.05, 3.63) is 131 Å². The number of hydrogen-bond donors (Lipinski definition) is 0. The van der Waals surface area contributed by atoms with Gasteiger partial charge in [-0.1, -0.05) is 94.8 Å². The number of aryl methyl sites for hydroxylation is 1. The van der Waals surface area contributed by atoms with Gasteiger partial charge >= 0.3 is 0 Å². The zero-order valence-corrected chi connectivity index (χ0v) is 19.9. The lowest BCUT2D eigenvalue weighted by molar-refractivity contribution is 1.09. The van der Waals surface area contributed by atoms with Gasteiger partial charge in [0.15, 0.2) is 0 Å². The maximum atomic E-state index is 4.89. The highest BCUT2D eigenvalue weighted by molar-refractivity contribution is 9.10. The quantitative estimate of drug-likeness (QED) is 0.219. The van der Waals surface area contributed by atoms with Crippen molar-refractivity contribution in [3.8, 4) is 28.2 Å². The van der Waals surface area contributed by atoms with E-state index >= 15 is 0 Å². The molecule has 0 N–H and O–H groups in total. The number of hydrogen-bond acceptors (Lipinski definition) is 1. The molecule has 1 aromatic heterocycles. The summed E-state index contributed by atoms with van der Waals surface area (Å²) in [5.41, 5.74) is 8.86. The number of benzene rings is 4. The topological polar surface area (TPSA) is 17.3 Å². The molecule has 0 aliphatic carbocycles. The highest BCUT2D eigenvalue weighted by Crippen LogP contribution is 2.35. The van der Waals surface area contributed by atoms with E-state index in [1.54, 1.807) is 0 Å². The summed E-state index contributed by atoms with van der Waals surface area (Å²) in [6.45, 7) is 2.08. The van der Waals surface area contributed by atoms with Crippen LogP contribution in [0.1, 0.15) is 11.1 Å². The van der Waals surface area contributed by atoms with Gasteiger partial charge < -0.3 is 4.57 Å². The molecule has 4 aromatic carbocycles. The van der Waals surface area contributed by atoms with Crippen LogP contribution < -0.4 is 0 Å². The standard InChI is InChI=1S/C30H23BrN2/c1-22-19-26(31)17-18-28(22)32-21-25-20-29(23-11-5-2-6-12-23)33(27-15-9-4-10-16-27)30(25)24-13-7-3-8-14-24/h2-21H,1H3. The maximum Gasteiger partial charge on any atom is 0.0659 e. The first-order valence-corrected chi connectivity index (χ1v) is 11.7. The fourth-order valence-electron chi connectivity index (χ4n) is 4.09. The van der Waals surface area contributed by atoms with E-state index in [0.29, 0.717) is 0 Å². The van der Waals surface area contributed by atoms with E-state index in [2.05, 4.69) is 131 Å². The summed E-state index contributed by atoms with van der Waals surface area (Å²) in [5, 5.41) is 0. The van der Waals surface area contributed by atoms with Gasteiger partial charge in [-0.2, -0.15) is 0 Å². The molecule has 5 aromatic rings. The fraction of sp³-hybridized carbons (Fsp3) is 0.0333. The number of aromatic nitrogens is 1. The van der Waals surface area contributed by atoms with Crippen LogP contribution in [0.15, 0.2) is 125 Å². The van der Waals surface area contributed by atoms with Gasteiger partial charge in [-0.05, 0) is 60.0 Å². The molecule has 0 atom stereocenters. The first kappa shape index (κ1) is 21.2. The fourth-order valence-corrected chi connectivity index (χ4v) is 4.56. The van der Waals surface area contributed by atoms with Crippen LogP contribution in [0.25, 0.3) is 28.2 Å². The van der Waals surface area contributed by atoms with E-state index in [0.717, 1.165) is 49.5 Å². The molecule has 0 unspecified atom stereocenters. The predicted octanol–water partition coefficient (Wildman–Crippen LogP) is 8.63. The molecule has 0 radical (unpaired) electrons. The molecule has 3 heteroatoms.